The molecule has 0 saturated heterocycles. The number of methoxy groups -OCH3 is 1. The molecule has 108 valence electrons. The summed E-state index contributed by atoms with van der Waals surface area (Å²) < 4.78 is 5.02. The minimum atomic E-state index is 0.915. The predicted molar refractivity (Wildman–Crippen MR) is 84.1 cm³/mol. The Bertz CT molecular complexity index is 214. The van der Waals surface area contributed by atoms with Crippen molar-refractivity contribution in [1.82, 2.24) is 0 Å². The molecule has 0 radical (unpaired) electrons. The van der Waals surface area contributed by atoms with Crippen LogP contribution in [0.15, 0.2) is 23.3 Å². The molecule has 1 aliphatic rings. The maximum Gasteiger partial charge on any atom is 0.0462 e. The topological polar surface area (TPSA) is 9.23 Å². The quantitative estimate of drug-likeness (QED) is 0.535. The van der Waals surface area contributed by atoms with Crippen LogP contribution in [0.25, 0.3) is 0 Å². The highest BCUT2D eigenvalue weighted by atomic mass is 16.5. The van der Waals surface area contributed by atoms with Crippen molar-refractivity contribution >= 4 is 0 Å². The summed E-state index contributed by atoms with van der Waals surface area (Å²) in [5.74, 6) is 0. The van der Waals surface area contributed by atoms with Gasteiger partial charge < -0.3 is 4.74 Å². The first-order chi connectivity index (χ1) is 8.83. The summed E-state index contributed by atoms with van der Waals surface area (Å²) in [6.07, 6.45) is 12.3. The zero-order chi connectivity index (χ0) is 14.2. The Hall–Kier alpha value is -0.560. The molecule has 0 heterocycles. The first-order valence-corrected chi connectivity index (χ1v) is 7.67. The largest absolute Gasteiger partial charge is 0.385 e. The van der Waals surface area contributed by atoms with E-state index in [1.807, 2.05) is 27.7 Å². The number of allylic oxidation sites excluding steroid dienone is 4. The van der Waals surface area contributed by atoms with Crippen molar-refractivity contribution in [3.8, 4) is 0 Å². The second-order valence-electron chi connectivity index (χ2n) is 4.14. The summed E-state index contributed by atoms with van der Waals surface area (Å²) in [5, 5.41) is 0. The van der Waals surface area contributed by atoms with Gasteiger partial charge in [0.05, 0.1) is 0 Å². The number of unbranched alkanes of at least 4 members (excludes halogenated alkanes) is 2. The predicted octanol–water partition coefficient (Wildman–Crippen LogP) is 5.91. The van der Waals surface area contributed by atoms with Crippen molar-refractivity contribution < 1.29 is 4.74 Å². The van der Waals surface area contributed by atoms with Crippen molar-refractivity contribution in [1.29, 1.82) is 0 Å². The van der Waals surface area contributed by atoms with Crippen LogP contribution in [0.5, 0.6) is 0 Å². The average Bonchev–Trinajstić information content (AvgIpc) is 2.45. The van der Waals surface area contributed by atoms with Gasteiger partial charge >= 0.3 is 0 Å². The Morgan fingerprint density at radius 3 is 2.11 bits per heavy atom. The molecule has 0 N–H and O–H groups in total. The fourth-order valence-electron chi connectivity index (χ4n) is 1.77. The standard InChI is InChI=1S/C13H22O.2C2H6/c1-12-7-9-13(10-8-12)6-4-3-5-11-14-2;2*1-2/h7,9H,3-6,8,10-11H2,1-2H3;2*1-2H3. The van der Waals surface area contributed by atoms with E-state index in [2.05, 4.69) is 19.1 Å². The van der Waals surface area contributed by atoms with Gasteiger partial charge in [-0.2, -0.15) is 0 Å². The molecule has 0 bridgehead atoms. The van der Waals surface area contributed by atoms with Gasteiger partial charge in [-0.3, -0.25) is 0 Å². The molecule has 0 fully saturated rings. The summed E-state index contributed by atoms with van der Waals surface area (Å²) >= 11 is 0. The molecule has 0 spiro atoms. The molecule has 18 heavy (non-hydrogen) atoms. The van der Waals surface area contributed by atoms with Crippen LogP contribution in [0.1, 0.15) is 73.1 Å². The Morgan fingerprint density at radius 1 is 0.944 bits per heavy atom. The van der Waals surface area contributed by atoms with E-state index in [1.165, 1.54) is 44.1 Å². The first-order valence-electron chi connectivity index (χ1n) is 7.67. The Balaban J connectivity index is 0. The van der Waals surface area contributed by atoms with Crippen LogP contribution in [0.3, 0.4) is 0 Å². The second kappa shape index (κ2) is 16.4. The van der Waals surface area contributed by atoms with Gasteiger partial charge in [-0.1, -0.05) is 57.4 Å². The maximum atomic E-state index is 5.02. The van der Waals surface area contributed by atoms with E-state index in [4.69, 9.17) is 4.74 Å². The van der Waals surface area contributed by atoms with Crippen molar-refractivity contribution in [3.05, 3.63) is 23.3 Å². The van der Waals surface area contributed by atoms with E-state index in [-0.39, 0.29) is 0 Å². The van der Waals surface area contributed by atoms with Gasteiger partial charge in [0.15, 0.2) is 0 Å². The van der Waals surface area contributed by atoms with Gasteiger partial charge in [0.1, 0.15) is 0 Å². The molecule has 0 aromatic heterocycles. The zero-order valence-electron chi connectivity index (χ0n) is 13.5. The minimum Gasteiger partial charge on any atom is -0.385 e. The molecular formula is C17H34O. The normalized spacial score (nSPS) is 13.4. The smallest absolute Gasteiger partial charge is 0.0462 e. The van der Waals surface area contributed by atoms with Crippen LogP contribution in [0.4, 0.5) is 0 Å². The monoisotopic (exact) mass is 254 g/mol. The van der Waals surface area contributed by atoms with Crippen LogP contribution < -0.4 is 0 Å². The van der Waals surface area contributed by atoms with Gasteiger partial charge in [-0.25, -0.2) is 0 Å². The van der Waals surface area contributed by atoms with Crippen LogP contribution in [0.2, 0.25) is 0 Å². The van der Waals surface area contributed by atoms with Crippen molar-refractivity contribution in [2.75, 3.05) is 13.7 Å². The number of hydrogen-bond donors (Lipinski definition) is 0. The lowest BCUT2D eigenvalue weighted by Gasteiger charge is -2.11. The van der Waals surface area contributed by atoms with Gasteiger partial charge in [0.25, 0.3) is 0 Å². The third-order valence-corrected chi connectivity index (χ3v) is 2.79. The molecule has 0 unspecified atom stereocenters. The third kappa shape index (κ3) is 11.9. The van der Waals surface area contributed by atoms with Crippen LogP contribution in [-0.2, 0) is 4.74 Å². The zero-order valence-corrected chi connectivity index (χ0v) is 13.5. The molecule has 0 atom stereocenters. The molecule has 0 aromatic rings. The summed E-state index contributed by atoms with van der Waals surface area (Å²) in [5.41, 5.74) is 3.15. The Labute approximate surface area is 115 Å². The number of rotatable bonds is 6. The third-order valence-electron chi connectivity index (χ3n) is 2.79. The first kappa shape index (κ1) is 19.8. The van der Waals surface area contributed by atoms with E-state index in [1.54, 1.807) is 12.7 Å². The lowest BCUT2D eigenvalue weighted by molar-refractivity contribution is 0.192. The molecule has 0 saturated carbocycles. The number of hydrogen-bond acceptors (Lipinski definition) is 1. The van der Waals surface area contributed by atoms with Crippen molar-refractivity contribution in [2.45, 2.75) is 73.1 Å². The van der Waals surface area contributed by atoms with Gasteiger partial charge in [-0.15, -0.1) is 0 Å². The van der Waals surface area contributed by atoms with Gasteiger partial charge in [0, 0.05) is 13.7 Å². The van der Waals surface area contributed by atoms with Gasteiger partial charge in [0.2, 0.25) is 0 Å². The fraction of sp³-hybridized carbons (Fsp3) is 0.765. The van der Waals surface area contributed by atoms with E-state index in [9.17, 15) is 0 Å². The molecule has 1 rings (SSSR count). The van der Waals surface area contributed by atoms with Crippen molar-refractivity contribution in [3.63, 3.8) is 0 Å². The highest BCUT2D eigenvalue weighted by Crippen LogP contribution is 2.22. The summed E-state index contributed by atoms with van der Waals surface area (Å²) in [4.78, 5) is 0. The van der Waals surface area contributed by atoms with E-state index < -0.39 is 0 Å². The Morgan fingerprint density at radius 2 is 1.61 bits per heavy atom. The summed E-state index contributed by atoms with van der Waals surface area (Å²) in [6.45, 7) is 11.1. The maximum absolute atomic E-state index is 5.02. The highest BCUT2D eigenvalue weighted by molar-refractivity contribution is 5.22. The highest BCUT2D eigenvalue weighted by Gasteiger charge is 2.02. The molecule has 1 heteroatoms. The average molecular weight is 254 g/mol. The van der Waals surface area contributed by atoms with Crippen LogP contribution in [0, 0.1) is 0 Å². The molecule has 0 aromatic carbocycles. The number of ether oxygens (including phenoxy) is 1. The second-order valence-corrected chi connectivity index (χ2v) is 4.14. The summed E-state index contributed by atoms with van der Waals surface area (Å²) in [6, 6.07) is 0. The molecule has 0 aliphatic heterocycles. The Kier molecular flexibility index (Phi) is 18.1. The van der Waals surface area contributed by atoms with Crippen LogP contribution in [-0.4, -0.2) is 13.7 Å². The molecule has 1 aliphatic carbocycles. The molecular weight excluding hydrogens is 220 g/mol. The fourth-order valence-corrected chi connectivity index (χ4v) is 1.77. The van der Waals surface area contributed by atoms with Crippen molar-refractivity contribution in [2.24, 2.45) is 0 Å². The van der Waals surface area contributed by atoms with E-state index >= 15 is 0 Å². The lowest BCUT2D eigenvalue weighted by atomic mass is 9.95. The van der Waals surface area contributed by atoms with E-state index in [0.717, 1.165) is 6.61 Å². The summed E-state index contributed by atoms with van der Waals surface area (Å²) in [7, 11) is 1.78. The lowest BCUT2D eigenvalue weighted by Crippen LogP contribution is -1.93. The SMILES string of the molecule is CC.CC.COCCCCCC1=CC=C(C)CC1. The minimum absolute atomic E-state index is 0.915. The van der Waals surface area contributed by atoms with Crippen LogP contribution >= 0.6 is 0 Å². The molecule has 0 amide bonds. The van der Waals surface area contributed by atoms with E-state index in [0.29, 0.717) is 0 Å². The molecule has 1 nitrogen and oxygen atoms in total. The van der Waals surface area contributed by atoms with Gasteiger partial charge in [-0.05, 0) is 39.0 Å².